The molecule has 1 atom stereocenters. The van der Waals surface area contributed by atoms with Gasteiger partial charge in [0.2, 0.25) is 0 Å². The first-order valence-corrected chi connectivity index (χ1v) is 3.83. The van der Waals surface area contributed by atoms with Crippen LogP contribution in [0.3, 0.4) is 0 Å². The van der Waals surface area contributed by atoms with Crippen molar-refractivity contribution < 1.29 is 5.11 Å². The molecular formula is C9H16O. The minimum Gasteiger partial charge on any atom is -0.396 e. The fourth-order valence-corrected chi connectivity index (χ4v) is 0.830. The summed E-state index contributed by atoms with van der Waals surface area (Å²) in [7, 11) is 0. The maximum atomic E-state index is 8.80. The molecule has 0 fully saturated rings. The van der Waals surface area contributed by atoms with Gasteiger partial charge in [-0.15, -0.1) is 5.73 Å². The Bertz CT molecular complexity index is 121. The van der Waals surface area contributed by atoms with Crippen molar-refractivity contribution >= 4 is 0 Å². The first-order valence-electron chi connectivity index (χ1n) is 3.83. The van der Waals surface area contributed by atoms with E-state index in [1.54, 1.807) is 0 Å². The van der Waals surface area contributed by atoms with Gasteiger partial charge in [-0.25, -0.2) is 0 Å². The van der Waals surface area contributed by atoms with Crippen LogP contribution in [-0.4, -0.2) is 11.7 Å². The standard InChI is InChI=1S/C9H16O/c1-3-5-7-9(8-10)6-4-2/h3,7,9-10H,4,6,8H2,1-2H3. The zero-order chi connectivity index (χ0) is 7.82. The van der Waals surface area contributed by atoms with Crippen LogP contribution in [0.15, 0.2) is 17.9 Å². The number of hydrogen-bond acceptors (Lipinski definition) is 1. The summed E-state index contributed by atoms with van der Waals surface area (Å²) in [6.45, 7) is 4.29. The van der Waals surface area contributed by atoms with Crippen LogP contribution in [0.1, 0.15) is 26.7 Å². The van der Waals surface area contributed by atoms with Crippen LogP contribution in [0, 0.1) is 5.92 Å². The normalized spacial score (nSPS) is 11.9. The van der Waals surface area contributed by atoms with Crippen LogP contribution in [0.4, 0.5) is 0 Å². The Morgan fingerprint density at radius 2 is 2.30 bits per heavy atom. The molecule has 0 radical (unpaired) electrons. The second kappa shape index (κ2) is 6.60. The van der Waals surface area contributed by atoms with Crippen molar-refractivity contribution in [1.29, 1.82) is 0 Å². The molecule has 0 saturated carbocycles. The van der Waals surface area contributed by atoms with E-state index in [1.807, 2.05) is 19.1 Å². The molecule has 0 aliphatic carbocycles. The number of rotatable bonds is 4. The zero-order valence-corrected chi connectivity index (χ0v) is 6.80. The largest absolute Gasteiger partial charge is 0.396 e. The molecule has 0 heterocycles. The summed E-state index contributed by atoms with van der Waals surface area (Å²) in [4.78, 5) is 0. The van der Waals surface area contributed by atoms with E-state index in [9.17, 15) is 0 Å². The fourth-order valence-electron chi connectivity index (χ4n) is 0.830. The molecule has 0 amide bonds. The molecule has 10 heavy (non-hydrogen) atoms. The Morgan fingerprint density at radius 3 is 2.70 bits per heavy atom. The van der Waals surface area contributed by atoms with Crippen molar-refractivity contribution in [3.05, 3.63) is 17.9 Å². The molecule has 0 aromatic rings. The second-order valence-corrected chi connectivity index (χ2v) is 2.35. The molecule has 1 N–H and O–H groups in total. The second-order valence-electron chi connectivity index (χ2n) is 2.35. The van der Waals surface area contributed by atoms with E-state index in [0.29, 0.717) is 5.92 Å². The first-order chi connectivity index (χ1) is 4.85. The maximum absolute atomic E-state index is 8.80. The summed E-state index contributed by atoms with van der Waals surface area (Å²) in [5.74, 6) is 0.307. The van der Waals surface area contributed by atoms with Gasteiger partial charge in [-0.2, -0.15) is 0 Å². The van der Waals surface area contributed by atoms with E-state index in [4.69, 9.17) is 5.11 Å². The van der Waals surface area contributed by atoms with Crippen molar-refractivity contribution in [3.63, 3.8) is 0 Å². The van der Waals surface area contributed by atoms with Gasteiger partial charge in [0.1, 0.15) is 0 Å². The van der Waals surface area contributed by atoms with Crippen molar-refractivity contribution in [3.8, 4) is 0 Å². The van der Waals surface area contributed by atoms with Gasteiger partial charge >= 0.3 is 0 Å². The summed E-state index contributed by atoms with van der Waals surface area (Å²) < 4.78 is 0. The summed E-state index contributed by atoms with van der Waals surface area (Å²) in [5, 5.41) is 8.80. The molecule has 1 heteroatoms. The maximum Gasteiger partial charge on any atom is 0.0499 e. The lowest BCUT2D eigenvalue weighted by Crippen LogP contribution is -2.00. The highest BCUT2D eigenvalue weighted by Gasteiger charge is 1.98. The first kappa shape index (κ1) is 9.48. The van der Waals surface area contributed by atoms with Gasteiger partial charge in [0.05, 0.1) is 0 Å². The van der Waals surface area contributed by atoms with E-state index in [0.717, 1.165) is 12.8 Å². The highest BCUT2D eigenvalue weighted by molar-refractivity contribution is 4.87. The van der Waals surface area contributed by atoms with Gasteiger partial charge < -0.3 is 5.11 Å². The molecule has 0 bridgehead atoms. The van der Waals surface area contributed by atoms with Crippen molar-refractivity contribution in [2.75, 3.05) is 6.61 Å². The lowest BCUT2D eigenvalue weighted by Gasteiger charge is -2.03. The molecule has 0 aromatic heterocycles. The molecule has 58 valence electrons. The summed E-state index contributed by atoms with van der Waals surface area (Å²) in [5.41, 5.74) is 2.97. The fraction of sp³-hybridized carbons (Fsp3) is 0.667. The van der Waals surface area contributed by atoms with Crippen LogP contribution < -0.4 is 0 Å². The van der Waals surface area contributed by atoms with Crippen molar-refractivity contribution in [2.24, 2.45) is 5.92 Å². The number of hydrogen-bond donors (Lipinski definition) is 1. The van der Waals surface area contributed by atoms with E-state index in [2.05, 4.69) is 12.7 Å². The molecule has 0 spiro atoms. The predicted octanol–water partition coefficient (Wildman–Crippen LogP) is 2.13. The highest BCUT2D eigenvalue weighted by Crippen LogP contribution is 2.05. The van der Waals surface area contributed by atoms with Crippen LogP contribution in [0.25, 0.3) is 0 Å². The molecule has 0 aliphatic rings. The molecule has 1 unspecified atom stereocenters. The lowest BCUT2D eigenvalue weighted by atomic mass is 10.1. The molecule has 0 rings (SSSR count). The Morgan fingerprint density at radius 1 is 1.60 bits per heavy atom. The van der Waals surface area contributed by atoms with Crippen LogP contribution in [0.5, 0.6) is 0 Å². The van der Waals surface area contributed by atoms with E-state index < -0.39 is 0 Å². The molecule has 1 nitrogen and oxygen atoms in total. The molecule has 0 aromatic carbocycles. The third-order valence-electron chi connectivity index (χ3n) is 1.39. The van der Waals surface area contributed by atoms with Gasteiger partial charge in [-0.3, -0.25) is 0 Å². The highest BCUT2D eigenvalue weighted by atomic mass is 16.3. The van der Waals surface area contributed by atoms with E-state index in [-0.39, 0.29) is 6.61 Å². The Labute approximate surface area is 63.1 Å². The number of aliphatic hydroxyl groups is 1. The van der Waals surface area contributed by atoms with Gasteiger partial charge in [-0.1, -0.05) is 13.3 Å². The Kier molecular flexibility index (Phi) is 6.25. The zero-order valence-electron chi connectivity index (χ0n) is 6.80. The van der Waals surface area contributed by atoms with Crippen LogP contribution >= 0.6 is 0 Å². The van der Waals surface area contributed by atoms with Gasteiger partial charge in [-0.05, 0) is 25.5 Å². The minimum absolute atomic E-state index is 0.245. The SMILES string of the molecule is CC=C=CC(CO)CCC. The van der Waals surface area contributed by atoms with E-state index in [1.165, 1.54) is 0 Å². The van der Waals surface area contributed by atoms with Gasteiger partial charge in [0.15, 0.2) is 0 Å². The average Bonchev–Trinajstić information content (AvgIpc) is 1.98. The molecular weight excluding hydrogens is 124 g/mol. The molecule has 0 saturated heterocycles. The van der Waals surface area contributed by atoms with Gasteiger partial charge in [0.25, 0.3) is 0 Å². The smallest absolute Gasteiger partial charge is 0.0499 e. The van der Waals surface area contributed by atoms with Crippen LogP contribution in [0.2, 0.25) is 0 Å². The average molecular weight is 140 g/mol. The summed E-state index contributed by atoms with van der Waals surface area (Å²) in [6.07, 6.45) is 5.96. The third kappa shape index (κ3) is 4.37. The molecule has 0 aliphatic heterocycles. The Balaban J connectivity index is 3.70. The van der Waals surface area contributed by atoms with Gasteiger partial charge in [0, 0.05) is 12.5 Å². The minimum atomic E-state index is 0.245. The van der Waals surface area contributed by atoms with Crippen molar-refractivity contribution in [2.45, 2.75) is 26.7 Å². The quantitative estimate of drug-likeness (QED) is 0.593. The Hall–Kier alpha value is -0.520. The topological polar surface area (TPSA) is 20.2 Å². The monoisotopic (exact) mass is 140 g/mol. The summed E-state index contributed by atoms with van der Waals surface area (Å²) >= 11 is 0. The summed E-state index contributed by atoms with van der Waals surface area (Å²) in [6, 6.07) is 0. The number of aliphatic hydroxyl groups excluding tert-OH is 1. The lowest BCUT2D eigenvalue weighted by molar-refractivity contribution is 0.245. The van der Waals surface area contributed by atoms with Crippen molar-refractivity contribution in [1.82, 2.24) is 0 Å². The van der Waals surface area contributed by atoms with Crippen LogP contribution in [-0.2, 0) is 0 Å². The van der Waals surface area contributed by atoms with E-state index >= 15 is 0 Å². The predicted molar refractivity (Wildman–Crippen MR) is 43.8 cm³/mol. The third-order valence-corrected chi connectivity index (χ3v) is 1.39.